The van der Waals surface area contributed by atoms with E-state index < -0.39 is 0 Å². The Balaban J connectivity index is 1.95. The Labute approximate surface area is 150 Å². The molecular formula is C23H25N2+. The predicted molar refractivity (Wildman–Crippen MR) is 107 cm³/mol. The van der Waals surface area contributed by atoms with Crippen molar-refractivity contribution in [3.05, 3.63) is 84.1 Å². The molecule has 3 rings (SSSR count). The first kappa shape index (κ1) is 17.1. The SMILES string of the molecule is C/N=C(\C=C\c1cc2ccccc2[n+](C)c1)C(C)(C)c1ccccc1. The van der Waals surface area contributed by atoms with Crippen molar-refractivity contribution in [1.29, 1.82) is 0 Å². The summed E-state index contributed by atoms with van der Waals surface area (Å²) in [6, 6.07) is 21.2. The number of benzene rings is 2. The molecule has 2 aromatic carbocycles. The lowest BCUT2D eigenvalue weighted by Crippen LogP contribution is -2.29. The molecule has 0 amide bonds. The Morgan fingerprint density at radius 3 is 2.40 bits per heavy atom. The highest BCUT2D eigenvalue weighted by Crippen LogP contribution is 2.26. The molecule has 0 atom stereocenters. The first-order valence-electron chi connectivity index (χ1n) is 8.61. The minimum Gasteiger partial charge on any atom is -0.292 e. The van der Waals surface area contributed by atoms with E-state index in [1.54, 1.807) is 0 Å². The molecule has 0 bridgehead atoms. The molecule has 0 saturated carbocycles. The third-order valence-electron chi connectivity index (χ3n) is 4.79. The van der Waals surface area contributed by atoms with E-state index >= 15 is 0 Å². The second-order valence-electron chi connectivity index (χ2n) is 6.88. The van der Waals surface area contributed by atoms with Crippen molar-refractivity contribution in [1.82, 2.24) is 0 Å². The van der Waals surface area contributed by atoms with Crippen molar-refractivity contribution in [2.24, 2.45) is 12.0 Å². The summed E-state index contributed by atoms with van der Waals surface area (Å²) in [5, 5.41) is 1.24. The van der Waals surface area contributed by atoms with Gasteiger partial charge in [0.1, 0.15) is 7.05 Å². The summed E-state index contributed by atoms with van der Waals surface area (Å²) in [4.78, 5) is 4.56. The van der Waals surface area contributed by atoms with Crippen LogP contribution in [0.1, 0.15) is 25.0 Å². The maximum Gasteiger partial charge on any atom is 0.212 e. The Morgan fingerprint density at radius 2 is 1.68 bits per heavy atom. The zero-order valence-corrected chi connectivity index (χ0v) is 15.4. The summed E-state index contributed by atoms with van der Waals surface area (Å²) in [6.45, 7) is 4.44. The fraction of sp³-hybridized carbons (Fsp3) is 0.217. The molecule has 0 aliphatic heterocycles. The summed E-state index contributed by atoms with van der Waals surface area (Å²) in [7, 11) is 3.95. The third-order valence-corrected chi connectivity index (χ3v) is 4.79. The number of rotatable bonds is 4. The molecule has 0 spiro atoms. The van der Waals surface area contributed by atoms with Gasteiger partial charge in [-0.25, -0.2) is 4.57 Å². The van der Waals surface area contributed by atoms with Gasteiger partial charge in [0, 0.05) is 35.2 Å². The maximum atomic E-state index is 4.56. The number of allylic oxidation sites excluding steroid dienone is 1. The van der Waals surface area contributed by atoms with E-state index in [1.165, 1.54) is 22.0 Å². The molecule has 0 saturated heterocycles. The van der Waals surface area contributed by atoms with Gasteiger partial charge in [-0.3, -0.25) is 4.99 Å². The maximum absolute atomic E-state index is 4.56. The second-order valence-corrected chi connectivity index (χ2v) is 6.88. The molecule has 0 aliphatic carbocycles. The summed E-state index contributed by atoms with van der Waals surface area (Å²) in [5.74, 6) is 0. The van der Waals surface area contributed by atoms with E-state index in [1.807, 2.05) is 13.1 Å². The number of aryl methyl sites for hydroxylation is 1. The number of pyridine rings is 1. The number of para-hydroxylation sites is 1. The molecule has 0 N–H and O–H groups in total. The zero-order valence-electron chi connectivity index (χ0n) is 15.4. The fourth-order valence-electron chi connectivity index (χ4n) is 3.27. The van der Waals surface area contributed by atoms with Crippen LogP contribution in [0.5, 0.6) is 0 Å². The first-order chi connectivity index (χ1) is 12.0. The molecule has 0 aliphatic rings. The van der Waals surface area contributed by atoms with E-state index in [4.69, 9.17) is 0 Å². The van der Waals surface area contributed by atoms with Gasteiger partial charge in [-0.05, 0) is 29.8 Å². The molecule has 3 aromatic rings. The van der Waals surface area contributed by atoms with Crippen LogP contribution in [0.4, 0.5) is 0 Å². The van der Waals surface area contributed by atoms with Gasteiger partial charge in [-0.2, -0.15) is 0 Å². The first-order valence-corrected chi connectivity index (χ1v) is 8.61. The lowest BCUT2D eigenvalue weighted by molar-refractivity contribution is -0.645. The van der Waals surface area contributed by atoms with Gasteiger partial charge in [0.2, 0.25) is 5.52 Å². The fourth-order valence-corrected chi connectivity index (χ4v) is 3.27. The third kappa shape index (κ3) is 3.53. The van der Waals surface area contributed by atoms with Crippen molar-refractivity contribution < 1.29 is 4.57 Å². The van der Waals surface area contributed by atoms with Crippen molar-refractivity contribution in [3.8, 4) is 0 Å². The number of fused-ring (bicyclic) bond motifs is 1. The number of hydrogen-bond acceptors (Lipinski definition) is 1. The van der Waals surface area contributed by atoms with Gasteiger partial charge in [-0.15, -0.1) is 0 Å². The minimum absolute atomic E-state index is 0.133. The molecular weight excluding hydrogens is 304 g/mol. The number of aromatic nitrogens is 1. The van der Waals surface area contributed by atoms with E-state index in [-0.39, 0.29) is 5.41 Å². The molecule has 0 fully saturated rings. The van der Waals surface area contributed by atoms with Crippen LogP contribution >= 0.6 is 0 Å². The van der Waals surface area contributed by atoms with E-state index in [2.05, 4.69) is 103 Å². The highest BCUT2D eigenvalue weighted by Gasteiger charge is 2.24. The van der Waals surface area contributed by atoms with Crippen LogP contribution in [0.2, 0.25) is 0 Å². The molecule has 25 heavy (non-hydrogen) atoms. The lowest BCUT2D eigenvalue weighted by Gasteiger charge is -2.25. The monoisotopic (exact) mass is 329 g/mol. The van der Waals surface area contributed by atoms with Crippen LogP contribution in [0, 0.1) is 0 Å². The van der Waals surface area contributed by atoms with Crippen LogP contribution in [-0.2, 0) is 12.5 Å². The summed E-state index contributed by atoms with van der Waals surface area (Å²) >= 11 is 0. The quantitative estimate of drug-likeness (QED) is 0.486. The standard InChI is InChI=1S/C23H25N2/c1-23(2,20-11-6-5-7-12-20)22(24-3)15-14-18-16-19-10-8-9-13-21(19)25(4)17-18/h5-17H,1-4H3/q+1/b15-14+,24-22+. The summed E-state index contributed by atoms with van der Waals surface area (Å²) in [6.07, 6.45) is 6.44. The van der Waals surface area contributed by atoms with Crippen molar-refractivity contribution in [2.45, 2.75) is 19.3 Å². The number of hydrogen-bond donors (Lipinski definition) is 0. The average Bonchev–Trinajstić information content (AvgIpc) is 2.63. The topological polar surface area (TPSA) is 16.2 Å². The van der Waals surface area contributed by atoms with Gasteiger partial charge in [0.25, 0.3) is 0 Å². The van der Waals surface area contributed by atoms with Crippen molar-refractivity contribution in [3.63, 3.8) is 0 Å². The largest absolute Gasteiger partial charge is 0.292 e. The van der Waals surface area contributed by atoms with Gasteiger partial charge in [0.05, 0.1) is 0 Å². The summed E-state index contributed by atoms with van der Waals surface area (Å²) in [5.41, 5.74) is 4.60. The van der Waals surface area contributed by atoms with Crippen molar-refractivity contribution in [2.75, 3.05) is 7.05 Å². The number of nitrogens with zero attached hydrogens (tertiary/aromatic N) is 2. The van der Waals surface area contributed by atoms with Gasteiger partial charge < -0.3 is 0 Å². The number of aliphatic imine (C=N–C) groups is 1. The Bertz CT molecular complexity index is 935. The van der Waals surface area contributed by atoms with Gasteiger partial charge in [0.15, 0.2) is 6.20 Å². The normalized spacial score (nSPS) is 12.9. The lowest BCUT2D eigenvalue weighted by atomic mass is 9.79. The summed E-state index contributed by atoms with van der Waals surface area (Å²) < 4.78 is 2.17. The minimum atomic E-state index is -0.133. The average molecular weight is 329 g/mol. The molecule has 0 radical (unpaired) electrons. The van der Waals surface area contributed by atoms with Gasteiger partial charge in [-0.1, -0.05) is 56.3 Å². The Hall–Kier alpha value is -2.74. The Kier molecular flexibility index (Phi) is 4.80. The molecule has 2 heteroatoms. The van der Waals surface area contributed by atoms with Crippen LogP contribution in [0.15, 0.2) is 77.9 Å². The zero-order chi connectivity index (χ0) is 17.9. The van der Waals surface area contributed by atoms with E-state index in [9.17, 15) is 0 Å². The van der Waals surface area contributed by atoms with Crippen LogP contribution in [-0.4, -0.2) is 12.8 Å². The smallest absolute Gasteiger partial charge is 0.212 e. The second kappa shape index (κ2) is 7.02. The molecule has 126 valence electrons. The van der Waals surface area contributed by atoms with Crippen molar-refractivity contribution >= 4 is 22.7 Å². The van der Waals surface area contributed by atoms with Crippen LogP contribution < -0.4 is 4.57 Å². The highest BCUT2D eigenvalue weighted by molar-refractivity contribution is 6.05. The molecule has 1 heterocycles. The van der Waals surface area contributed by atoms with E-state index in [0.29, 0.717) is 0 Å². The van der Waals surface area contributed by atoms with Crippen LogP contribution in [0.25, 0.3) is 17.0 Å². The van der Waals surface area contributed by atoms with Gasteiger partial charge >= 0.3 is 0 Å². The molecule has 0 unspecified atom stereocenters. The predicted octanol–water partition coefficient (Wildman–Crippen LogP) is 4.73. The Morgan fingerprint density at radius 1 is 1.00 bits per heavy atom. The van der Waals surface area contributed by atoms with E-state index in [0.717, 1.165) is 5.71 Å². The highest BCUT2D eigenvalue weighted by atomic mass is 14.9. The molecule has 2 nitrogen and oxygen atoms in total. The molecule has 1 aromatic heterocycles. The van der Waals surface area contributed by atoms with Crippen LogP contribution in [0.3, 0.4) is 0 Å².